The summed E-state index contributed by atoms with van der Waals surface area (Å²) >= 11 is 0. The van der Waals surface area contributed by atoms with Crippen LogP contribution in [-0.4, -0.2) is 42.9 Å². The molecular weight excluding hydrogens is 288 g/mol. The molecule has 1 atom stereocenters. The van der Waals surface area contributed by atoms with Gasteiger partial charge in [-0.25, -0.2) is 0 Å². The summed E-state index contributed by atoms with van der Waals surface area (Å²) in [6, 6.07) is 11.6. The van der Waals surface area contributed by atoms with E-state index in [9.17, 15) is 4.79 Å². The lowest BCUT2D eigenvalue weighted by atomic mass is 9.86. The number of para-hydroxylation sites is 1. The van der Waals surface area contributed by atoms with E-state index in [0.29, 0.717) is 13.1 Å². The summed E-state index contributed by atoms with van der Waals surface area (Å²) in [5.41, 5.74) is 2.70. The first-order valence-electron chi connectivity index (χ1n) is 7.65. The maximum Gasteiger partial charge on any atom is 0.168 e. The van der Waals surface area contributed by atoms with Crippen molar-refractivity contribution in [2.75, 3.05) is 27.2 Å². The van der Waals surface area contributed by atoms with Crippen molar-refractivity contribution in [1.29, 1.82) is 0 Å². The Kier molecular flexibility index (Phi) is 4.53. The number of hydrogen-bond acceptors (Lipinski definition) is 4. The fraction of sp³-hybridized carbons (Fsp3) is 0.263. The van der Waals surface area contributed by atoms with Crippen LogP contribution < -0.4 is 4.74 Å². The van der Waals surface area contributed by atoms with Crippen LogP contribution in [0.15, 0.2) is 54.4 Å². The lowest BCUT2D eigenvalue weighted by Gasteiger charge is -2.30. The molecule has 0 N–H and O–H groups in total. The normalized spacial score (nSPS) is 20.7. The zero-order valence-electron chi connectivity index (χ0n) is 13.4. The molecule has 3 rings (SSSR count). The molecule has 1 aliphatic heterocycles. The number of carbonyl (C=O) groups excluding carboxylic acids is 1. The number of piperidine rings is 1. The van der Waals surface area contributed by atoms with Crippen molar-refractivity contribution in [1.82, 2.24) is 9.88 Å². The average molecular weight is 308 g/mol. The van der Waals surface area contributed by atoms with Gasteiger partial charge < -0.3 is 9.64 Å². The summed E-state index contributed by atoms with van der Waals surface area (Å²) in [5.74, 6) is 0.782. The molecule has 1 unspecified atom stereocenters. The van der Waals surface area contributed by atoms with E-state index in [1.165, 1.54) is 0 Å². The number of Topliss-reactive ketones (excluding diaryl/α,β-unsaturated/α-hetero) is 1. The molecule has 1 fully saturated rings. The minimum Gasteiger partial charge on any atom is -0.496 e. The number of hydrogen-bond donors (Lipinski definition) is 0. The molecule has 0 saturated carbocycles. The Morgan fingerprint density at radius 2 is 2.09 bits per heavy atom. The molecule has 0 aliphatic carbocycles. The molecule has 2 heterocycles. The third-order valence-electron chi connectivity index (χ3n) is 4.12. The minimum atomic E-state index is -0.164. The first-order valence-corrected chi connectivity index (χ1v) is 7.65. The van der Waals surface area contributed by atoms with Gasteiger partial charge in [0.15, 0.2) is 5.78 Å². The molecule has 0 amide bonds. The van der Waals surface area contributed by atoms with Gasteiger partial charge in [0.25, 0.3) is 0 Å². The van der Waals surface area contributed by atoms with E-state index in [4.69, 9.17) is 4.74 Å². The van der Waals surface area contributed by atoms with Crippen LogP contribution in [0.25, 0.3) is 6.08 Å². The van der Waals surface area contributed by atoms with Crippen LogP contribution >= 0.6 is 0 Å². The molecule has 2 aromatic rings. The Labute approximate surface area is 136 Å². The molecule has 1 aromatic heterocycles. The van der Waals surface area contributed by atoms with E-state index in [1.807, 2.05) is 49.5 Å². The molecule has 4 heteroatoms. The zero-order chi connectivity index (χ0) is 16.2. The summed E-state index contributed by atoms with van der Waals surface area (Å²) in [7, 11) is 3.68. The SMILES string of the molecule is COc1ccccc1C=C1CN(C)CC(c2cccnc2)C1=O. The number of likely N-dealkylation sites (tertiary alicyclic amines) is 1. The molecule has 118 valence electrons. The molecule has 1 aromatic carbocycles. The van der Waals surface area contributed by atoms with E-state index >= 15 is 0 Å². The van der Waals surface area contributed by atoms with Crippen LogP contribution in [0.1, 0.15) is 17.0 Å². The van der Waals surface area contributed by atoms with Crippen LogP contribution in [-0.2, 0) is 4.79 Å². The maximum atomic E-state index is 12.9. The van der Waals surface area contributed by atoms with Crippen molar-refractivity contribution < 1.29 is 9.53 Å². The lowest BCUT2D eigenvalue weighted by Crippen LogP contribution is -2.38. The molecule has 1 saturated heterocycles. The predicted octanol–water partition coefficient (Wildman–Crippen LogP) is 2.77. The second-order valence-electron chi connectivity index (χ2n) is 5.81. The van der Waals surface area contributed by atoms with Crippen LogP contribution in [0, 0.1) is 0 Å². The van der Waals surface area contributed by atoms with E-state index in [0.717, 1.165) is 22.4 Å². The van der Waals surface area contributed by atoms with Gasteiger partial charge in [0.05, 0.1) is 13.0 Å². The first kappa shape index (κ1) is 15.4. The number of methoxy groups -OCH3 is 1. The number of rotatable bonds is 3. The van der Waals surface area contributed by atoms with E-state index < -0.39 is 0 Å². The summed E-state index contributed by atoms with van der Waals surface area (Å²) < 4.78 is 5.38. The Hall–Kier alpha value is -2.46. The Morgan fingerprint density at radius 1 is 1.26 bits per heavy atom. The smallest absolute Gasteiger partial charge is 0.168 e. The van der Waals surface area contributed by atoms with Crippen LogP contribution in [0.2, 0.25) is 0 Å². The van der Waals surface area contributed by atoms with Crippen molar-refractivity contribution in [3.8, 4) is 5.75 Å². The number of carbonyl (C=O) groups is 1. The van der Waals surface area contributed by atoms with Gasteiger partial charge in [0, 0.05) is 36.6 Å². The monoisotopic (exact) mass is 308 g/mol. The quantitative estimate of drug-likeness (QED) is 0.818. The summed E-state index contributed by atoms with van der Waals surface area (Å²) in [4.78, 5) is 19.2. The van der Waals surface area contributed by atoms with Crippen molar-refractivity contribution in [3.63, 3.8) is 0 Å². The molecule has 4 nitrogen and oxygen atoms in total. The highest BCUT2D eigenvalue weighted by atomic mass is 16.5. The predicted molar refractivity (Wildman–Crippen MR) is 90.5 cm³/mol. The molecule has 1 aliphatic rings. The highest BCUT2D eigenvalue weighted by molar-refractivity contribution is 6.05. The zero-order valence-corrected chi connectivity index (χ0v) is 13.4. The first-order chi connectivity index (χ1) is 11.2. The highest BCUT2D eigenvalue weighted by Gasteiger charge is 2.30. The summed E-state index contributed by atoms with van der Waals surface area (Å²) in [6.07, 6.45) is 5.45. The maximum absolute atomic E-state index is 12.9. The Morgan fingerprint density at radius 3 is 2.83 bits per heavy atom. The van der Waals surface area contributed by atoms with Crippen molar-refractivity contribution in [3.05, 3.63) is 65.5 Å². The largest absolute Gasteiger partial charge is 0.496 e. The van der Waals surface area contributed by atoms with Crippen LogP contribution in [0.3, 0.4) is 0 Å². The second kappa shape index (κ2) is 6.75. The van der Waals surface area contributed by atoms with Gasteiger partial charge in [-0.1, -0.05) is 24.3 Å². The fourth-order valence-corrected chi connectivity index (χ4v) is 2.98. The van der Waals surface area contributed by atoms with Gasteiger partial charge in [-0.2, -0.15) is 0 Å². The van der Waals surface area contributed by atoms with Gasteiger partial charge >= 0.3 is 0 Å². The minimum absolute atomic E-state index is 0.164. The highest BCUT2D eigenvalue weighted by Crippen LogP contribution is 2.28. The Balaban J connectivity index is 1.96. The van der Waals surface area contributed by atoms with E-state index in [2.05, 4.69) is 9.88 Å². The fourth-order valence-electron chi connectivity index (χ4n) is 2.98. The number of pyridine rings is 1. The number of aromatic nitrogens is 1. The summed E-state index contributed by atoms with van der Waals surface area (Å²) in [6.45, 7) is 1.36. The third-order valence-corrected chi connectivity index (χ3v) is 4.12. The van der Waals surface area contributed by atoms with Gasteiger partial charge in [-0.15, -0.1) is 0 Å². The van der Waals surface area contributed by atoms with Gasteiger partial charge in [0.1, 0.15) is 5.75 Å². The van der Waals surface area contributed by atoms with Crippen molar-refractivity contribution in [2.24, 2.45) is 0 Å². The molecule has 0 radical (unpaired) electrons. The molecule has 0 bridgehead atoms. The van der Waals surface area contributed by atoms with Crippen LogP contribution in [0.5, 0.6) is 5.75 Å². The number of ether oxygens (including phenoxy) is 1. The standard InChI is InChI=1S/C19H20N2O2/c1-21-12-16(10-14-6-3-4-8-18(14)23-2)19(22)17(13-21)15-7-5-9-20-11-15/h3-11,17H,12-13H2,1-2H3. The number of benzene rings is 1. The summed E-state index contributed by atoms with van der Waals surface area (Å²) in [5, 5.41) is 0. The van der Waals surface area contributed by atoms with Gasteiger partial charge in [-0.05, 0) is 30.8 Å². The van der Waals surface area contributed by atoms with Crippen LogP contribution in [0.4, 0.5) is 0 Å². The Bertz CT molecular complexity index is 725. The molecule has 23 heavy (non-hydrogen) atoms. The van der Waals surface area contributed by atoms with Gasteiger partial charge in [0.2, 0.25) is 0 Å². The second-order valence-corrected chi connectivity index (χ2v) is 5.81. The molecular formula is C19H20N2O2. The van der Waals surface area contributed by atoms with Crippen molar-refractivity contribution >= 4 is 11.9 Å². The van der Waals surface area contributed by atoms with E-state index in [1.54, 1.807) is 19.5 Å². The van der Waals surface area contributed by atoms with Gasteiger partial charge in [-0.3, -0.25) is 9.78 Å². The van der Waals surface area contributed by atoms with E-state index in [-0.39, 0.29) is 11.7 Å². The third kappa shape index (κ3) is 3.32. The number of likely N-dealkylation sites (N-methyl/N-ethyl adjacent to an activating group) is 1. The molecule has 0 spiro atoms. The topological polar surface area (TPSA) is 42.4 Å². The number of nitrogens with zero attached hydrogens (tertiary/aromatic N) is 2. The number of ketones is 1. The average Bonchev–Trinajstić information content (AvgIpc) is 2.59. The lowest BCUT2D eigenvalue weighted by molar-refractivity contribution is -0.118. The van der Waals surface area contributed by atoms with Crippen molar-refractivity contribution in [2.45, 2.75) is 5.92 Å².